The Bertz CT molecular complexity index is 1260. The Labute approximate surface area is 228 Å². The molecule has 5 rings (SSSR count). The summed E-state index contributed by atoms with van der Waals surface area (Å²) in [6.07, 6.45) is 3.80. The fourth-order valence-electron chi connectivity index (χ4n) is 5.78. The topological polar surface area (TPSA) is 60.2 Å². The molecule has 1 fully saturated rings. The summed E-state index contributed by atoms with van der Waals surface area (Å²) in [4.78, 5) is 4.18. The van der Waals surface area contributed by atoms with Gasteiger partial charge in [0.1, 0.15) is 5.84 Å². The summed E-state index contributed by atoms with van der Waals surface area (Å²) in [7, 11) is 1.83. The smallest absolute Gasteiger partial charge is 0.264 e. The van der Waals surface area contributed by atoms with Crippen LogP contribution >= 0.6 is 11.8 Å². The van der Waals surface area contributed by atoms with Crippen molar-refractivity contribution >= 4 is 23.3 Å². The van der Waals surface area contributed by atoms with Crippen molar-refractivity contribution < 1.29 is 8.78 Å². The van der Waals surface area contributed by atoms with Crippen LogP contribution in [0.4, 0.5) is 14.5 Å². The van der Waals surface area contributed by atoms with E-state index in [2.05, 4.69) is 21.9 Å². The first-order chi connectivity index (χ1) is 18.2. The van der Waals surface area contributed by atoms with E-state index in [0.29, 0.717) is 30.5 Å². The highest BCUT2D eigenvalue weighted by molar-refractivity contribution is 7.99. The second-order valence-electron chi connectivity index (χ2n) is 10.6. The Morgan fingerprint density at radius 2 is 1.95 bits per heavy atom. The number of benzene rings is 1. The third kappa shape index (κ3) is 5.22. The van der Waals surface area contributed by atoms with Crippen molar-refractivity contribution in [2.24, 2.45) is 7.05 Å². The number of alkyl halides is 2. The van der Waals surface area contributed by atoms with Gasteiger partial charge in [0.2, 0.25) is 0 Å². The van der Waals surface area contributed by atoms with Crippen molar-refractivity contribution in [3.8, 4) is 11.1 Å². The summed E-state index contributed by atoms with van der Waals surface area (Å²) in [5, 5.41) is 17.5. The molecule has 9 heteroatoms. The normalized spacial score (nSPS) is 18.7. The predicted octanol–water partition coefficient (Wildman–Crippen LogP) is 6.04. The van der Waals surface area contributed by atoms with Crippen LogP contribution < -0.4 is 10.2 Å². The number of aryl methyl sites for hydroxylation is 2. The molecule has 38 heavy (non-hydrogen) atoms. The van der Waals surface area contributed by atoms with Crippen molar-refractivity contribution in [3.05, 3.63) is 58.7 Å². The number of allylic oxidation sites excluding steroid dienone is 1. The molecule has 4 heterocycles. The highest BCUT2D eigenvalue weighted by atomic mass is 32.2. The maximum absolute atomic E-state index is 14.4. The Kier molecular flexibility index (Phi) is 7.84. The summed E-state index contributed by atoms with van der Waals surface area (Å²) in [5.74, 6) is 2.73. The van der Waals surface area contributed by atoms with Gasteiger partial charge in [-0.3, -0.25) is 10.1 Å². The van der Waals surface area contributed by atoms with Crippen LogP contribution in [0.15, 0.2) is 41.9 Å². The quantitative estimate of drug-likeness (QED) is 0.346. The van der Waals surface area contributed by atoms with Crippen LogP contribution in [0.5, 0.6) is 0 Å². The van der Waals surface area contributed by atoms with E-state index in [0.717, 1.165) is 89.6 Å². The molecule has 204 valence electrons. The average molecular weight is 541 g/mol. The van der Waals surface area contributed by atoms with Gasteiger partial charge in [-0.15, -0.1) is 0 Å². The molecule has 0 bridgehead atoms. The lowest BCUT2D eigenvalue weighted by Crippen LogP contribution is -2.44. The third-order valence-corrected chi connectivity index (χ3v) is 9.22. The van der Waals surface area contributed by atoms with Crippen molar-refractivity contribution in [1.82, 2.24) is 20.0 Å². The number of hydrogen-bond donors (Lipinski definition) is 2. The lowest BCUT2D eigenvalue weighted by molar-refractivity contribution is 0.152. The molecule has 1 aromatic carbocycles. The van der Waals surface area contributed by atoms with Gasteiger partial charge >= 0.3 is 0 Å². The highest BCUT2D eigenvalue weighted by Crippen LogP contribution is 2.40. The number of thioether (sulfide) groups is 1. The van der Waals surface area contributed by atoms with Gasteiger partial charge in [-0.25, -0.2) is 8.78 Å². The van der Waals surface area contributed by atoms with E-state index >= 15 is 0 Å². The number of rotatable bonds is 6. The molecule has 0 saturated carbocycles. The zero-order chi connectivity index (χ0) is 27.0. The molecule has 0 aliphatic carbocycles. The SMILES string of the molecule is C=C(C)N1CCC(NC2CCSCC2)=C(C(=N)N2CCCc3cc(-c4cnn(C)c4C)c(C(F)F)cc32)C1. The molecule has 0 atom stereocenters. The van der Waals surface area contributed by atoms with Crippen molar-refractivity contribution in [3.63, 3.8) is 0 Å². The predicted molar refractivity (Wildman–Crippen MR) is 153 cm³/mol. The molecule has 3 aliphatic heterocycles. The molecule has 1 saturated heterocycles. The highest BCUT2D eigenvalue weighted by Gasteiger charge is 2.31. The summed E-state index contributed by atoms with van der Waals surface area (Å²) in [6, 6.07) is 3.96. The van der Waals surface area contributed by atoms with Crippen LogP contribution in [-0.4, -0.2) is 57.7 Å². The van der Waals surface area contributed by atoms with Crippen LogP contribution in [0.25, 0.3) is 11.1 Å². The van der Waals surface area contributed by atoms with Crippen molar-refractivity contribution in [2.75, 3.05) is 36.0 Å². The van der Waals surface area contributed by atoms with Crippen LogP contribution in [0.1, 0.15) is 55.9 Å². The standard InChI is InChI=1S/C29H38F2N6S/c1-18(2)36-11-7-26(34-21-8-12-38-13-9-21)25(17-36)29(32)37-10-5-6-20-14-22(23(28(30)31)15-27(20)37)24-16-33-35(4)19(24)3/h14-16,21,28,32,34H,1,5-13,17H2,2-4H3. The van der Waals surface area contributed by atoms with Crippen LogP contribution in [0.2, 0.25) is 0 Å². The van der Waals surface area contributed by atoms with E-state index in [1.54, 1.807) is 16.9 Å². The van der Waals surface area contributed by atoms with Gasteiger partial charge in [0.25, 0.3) is 6.43 Å². The molecule has 3 aliphatic rings. The van der Waals surface area contributed by atoms with E-state index in [9.17, 15) is 14.2 Å². The van der Waals surface area contributed by atoms with Gasteiger partial charge in [-0.05, 0) is 74.3 Å². The van der Waals surface area contributed by atoms with E-state index < -0.39 is 6.43 Å². The number of nitrogens with one attached hydrogen (secondary N) is 2. The minimum Gasteiger partial charge on any atom is -0.385 e. The Morgan fingerprint density at radius 1 is 1.18 bits per heavy atom. The molecule has 1 aromatic heterocycles. The number of aromatic nitrogens is 2. The molecular weight excluding hydrogens is 502 g/mol. The minimum absolute atomic E-state index is 0.00112. The first-order valence-corrected chi connectivity index (χ1v) is 14.7. The zero-order valence-corrected chi connectivity index (χ0v) is 23.4. The van der Waals surface area contributed by atoms with E-state index in [-0.39, 0.29) is 5.56 Å². The van der Waals surface area contributed by atoms with Crippen molar-refractivity contribution in [2.45, 2.75) is 58.4 Å². The third-order valence-electron chi connectivity index (χ3n) is 8.17. The van der Waals surface area contributed by atoms with Gasteiger partial charge in [0.15, 0.2) is 0 Å². The second-order valence-corrected chi connectivity index (χ2v) is 11.9. The van der Waals surface area contributed by atoms with Crippen LogP contribution in [-0.2, 0) is 13.5 Å². The van der Waals surface area contributed by atoms with Crippen LogP contribution in [0, 0.1) is 12.3 Å². The van der Waals surface area contributed by atoms with Crippen molar-refractivity contribution in [1.29, 1.82) is 5.41 Å². The second kappa shape index (κ2) is 11.1. The first-order valence-electron chi connectivity index (χ1n) is 13.5. The van der Waals surface area contributed by atoms with E-state index in [1.165, 1.54) is 0 Å². The van der Waals surface area contributed by atoms with E-state index in [1.807, 2.05) is 43.6 Å². The van der Waals surface area contributed by atoms with Gasteiger partial charge in [-0.1, -0.05) is 6.58 Å². The lowest BCUT2D eigenvalue weighted by Gasteiger charge is -2.39. The van der Waals surface area contributed by atoms with E-state index in [4.69, 9.17) is 0 Å². The maximum atomic E-state index is 14.4. The molecular formula is C29H38F2N6S. The minimum atomic E-state index is -2.62. The summed E-state index contributed by atoms with van der Waals surface area (Å²) in [6.45, 7) is 10.2. The van der Waals surface area contributed by atoms with Gasteiger partial charge in [0.05, 0.1) is 6.20 Å². The maximum Gasteiger partial charge on any atom is 0.264 e. The monoisotopic (exact) mass is 540 g/mol. The molecule has 2 aromatic rings. The van der Waals surface area contributed by atoms with Gasteiger partial charge in [-0.2, -0.15) is 16.9 Å². The first kappa shape index (κ1) is 26.8. The van der Waals surface area contributed by atoms with Crippen LogP contribution in [0.3, 0.4) is 0 Å². The zero-order valence-electron chi connectivity index (χ0n) is 22.6. The fourth-order valence-corrected chi connectivity index (χ4v) is 6.88. The fraction of sp³-hybridized carbons (Fsp3) is 0.517. The molecule has 0 spiro atoms. The number of halogens is 2. The summed E-state index contributed by atoms with van der Waals surface area (Å²) >= 11 is 2.00. The number of nitrogens with zero attached hydrogens (tertiary/aromatic N) is 4. The van der Waals surface area contributed by atoms with Gasteiger partial charge < -0.3 is 15.1 Å². The molecule has 6 nitrogen and oxygen atoms in total. The Morgan fingerprint density at radius 3 is 2.61 bits per heavy atom. The Hall–Kier alpha value is -2.81. The average Bonchev–Trinajstić information content (AvgIpc) is 3.25. The number of hydrogen-bond acceptors (Lipinski definition) is 5. The lowest BCUT2D eigenvalue weighted by atomic mass is 9.91. The number of fused-ring (bicyclic) bond motifs is 1. The largest absolute Gasteiger partial charge is 0.385 e. The Balaban J connectivity index is 1.53. The number of anilines is 1. The number of amidine groups is 1. The molecule has 0 amide bonds. The molecule has 0 unspecified atom stereocenters. The summed E-state index contributed by atoms with van der Waals surface area (Å²) in [5.41, 5.74) is 6.95. The summed E-state index contributed by atoms with van der Waals surface area (Å²) < 4.78 is 30.6. The molecule has 0 radical (unpaired) electrons. The van der Waals surface area contributed by atoms with Gasteiger partial charge in [0, 0.05) is 78.6 Å². The molecule has 2 N–H and O–H groups in total.